The third kappa shape index (κ3) is 5.86. The van der Waals surface area contributed by atoms with Crippen molar-refractivity contribution in [3.05, 3.63) is 35.9 Å². The molecule has 1 aromatic rings. The molecule has 0 radical (unpaired) electrons. The molecule has 0 aromatic heterocycles. The van der Waals surface area contributed by atoms with E-state index in [2.05, 4.69) is 45.9 Å². The normalized spacial score (nSPS) is 19.4. The molecule has 0 spiro atoms. The molecule has 1 aromatic carbocycles. The van der Waals surface area contributed by atoms with Crippen LogP contribution in [0.5, 0.6) is 0 Å². The zero-order valence-electron chi connectivity index (χ0n) is 13.0. The van der Waals surface area contributed by atoms with Crippen molar-refractivity contribution >= 4 is 5.91 Å². The highest BCUT2D eigenvalue weighted by atomic mass is 16.1. The largest absolute Gasteiger partial charge is 0.359 e. The SMILES string of the molecule is CNC(=O)CCCNC1CCCN(Cc2ccccc2)C1. The lowest BCUT2D eigenvalue weighted by Crippen LogP contribution is -2.45. The molecule has 0 saturated carbocycles. The van der Waals surface area contributed by atoms with Crippen LogP contribution in [0.2, 0.25) is 0 Å². The molecule has 21 heavy (non-hydrogen) atoms. The summed E-state index contributed by atoms with van der Waals surface area (Å²) in [6, 6.07) is 11.2. The Morgan fingerprint density at radius 1 is 1.33 bits per heavy atom. The Hall–Kier alpha value is -1.39. The van der Waals surface area contributed by atoms with Gasteiger partial charge in [0.05, 0.1) is 0 Å². The lowest BCUT2D eigenvalue weighted by Gasteiger charge is -2.33. The van der Waals surface area contributed by atoms with E-state index in [0.717, 1.165) is 26.1 Å². The van der Waals surface area contributed by atoms with E-state index < -0.39 is 0 Å². The van der Waals surface area contributed by atoms with Crippen LogP contribution in [0.1, 0.15) is 31.2 Å². The summed E-state index contributed by atoms with van der Waals surface area (Å²) >= 11 is 0. The molecule has 1 aliphatic heterocycles. The second-order valence-electron chi connectivity index (χ2n) is 5.79. The molecule has 1 amide bonds. The highest BCUT2D eigenvalue weighted by Gasteiger charge is 2.19. The van der Waals surface area contributed by atoms with Gasteiger partial charge >= 0.3 is 0 Å². The first-order valence-electron chi connectivity index (χ1n) is 7.98. The summed E-state index contributed by atoms with van der Waals surface area (Å²) in [4.78, 5) is 13.7. The Bertz CT molecular complexity index is 421. The van der Waals surface area contributed by atoms with Gasteiger partial charge in [-0.1, -0.05) is 30.3 Å². The first-order chi connectivity index (χ1) is 10.3. The molecule has 2 N–H and O–H groups in total. The second-order valence-corrected chi connectivity index (χ2v) is 5.79. The van der Waals surface area contributed by atoms with E-state index in [1.165, 1.54) is 24.9 Å². The number of amides is 1. The van der Waals surface area contributed by atoms with Crippen molar-refractivity contribution in [1.29, 1.82) is 0 Å². The molecule has 0 aliphatic carbocycles. The van der Waals surface area contributed by atoms with Gasteiger partial charge in [-0.3, -0.25) is 9.69 Å². The van der Waals surface area contributed by atoms with Crippen LogP contribution in [-0.4, -0.2) is 43.5 Å². The van der Waals surface area contributed by atoms with Gasteiger partial charge in [0.1, 0.15) is 0 Å². The summed E-state index contributed by atoms with van der Waals surface area (Å²) in [6.07, 6.45) is 4.02. The maximum atomic E-state index is 11.2. The number of carbonyl (C=O) groups excluding carboxylic acids is 1. The van der Waals surface area contributed by atoms with E-state index in [9.17, 15) is 4.79 Å². The molecule has 0 bridgehead atoms. The van der Waals surface area contributed by atoms with Gasteiger partial charge in [0.15, 0.2) is 0 Å². The number of rotatable bonds is 7. The fourth-order valence-electron chi connectivity index (χ4n) is 2.89. The van der Waals surface area contributed by atoms with E-state index in [0.29, 0.717) is 12.5 Å². The molecular weight excluding hydrogens is 262 g/mol. The van der Waals surface area contributed by atoms with Crippen molar-refractivity contribution < 1.29 is 4.79 Å². The molecule has 2 rings (SSSR count). The summed E-state index contributed by atoms with van der Waals surface area (Å²) in [6.45, 7) is 4.26. The number of benzene rings is 1. The van der Waals surface area contributed by atoms with E-state index in [1.807, 2.05) is 0 Å². The van der Waals surface area contributed by atoms with Gasteiger partial charge < -0.3 is 10.6 Å². The topological polar surface area (TPSA) is 44.4 Å². The minimum atomic E-state index is 0.131. The molecule has 1 fully saturated rings. The van der Waals surface area contributed by atoms with Crippen LogP contribution < -0.4 is 10.6 Å². The van der Waals surface area contributed by atoms with Crippen LogP contribution >= 0.6 is 0 Å². The van der Waals surface area contributed by atoms with Gasteiger partial charge in [0.2, 0.25) is 5.91 Å². The average molecular weight is 289 g/mol. The van der Waals surface area contributed by atoms with Crippen molar-refractivity contribution in [2.24, 2.45) is 0 Å². The Balaban J connectivity index is 1.67. The zero-order chi connectivity index (χ0) is 14.9. The molecule has 4 heteroatoms. The van der Waals surface area contributed by atoms with Crippen LogP contribution in [0.3, 0.4) is 0 Å². The first kappa shape index (κ1) is 16.0. The minimum Gasteiger partial charge on any atom is -0.359 e. The fraction of sp³-hybridized carbons (Fsp3) is 0.588. The number of nitrogens with zero attached hydrogens (tertiary/aromatic N) is 1. The first-order valence-corrected chi connectivity index (χ1v) is 7.98. The van der Waals surface area contributed by atoms with Crippen LogP contribution in [0.25, 0.3) is 0 Å². The smallest absolute Gasteiger partial charge is 0.219 e. The van der Waals surface area contributed by atoms with Crippen molar-refractivity contribution in [3.8, 4) is 0 Å². The average Bonchev–Trinajstić information content (AvgIpc) is 2.52. The molecule has 1 aliphatic rings. The van der Waals surface area contributed by atoms with E-state index in [-0.39, 0.29) is 5.91 Å². The van der Waals surface area contributed by atoms with Gasteiger partial charge in [-0.25, -0.2) is 0 Å². The maximum absolute atomic E-state index is 11.2. The lowest BCUT2D eigenvalue weighted by atomic mass is 10.0. The van der Waals surface area contributed by atoms with E-state index in [1.54, 1.807) is 7.05 Å². The summed E-state index contributed by atoms with van der Waals surface area (Å²) in [5, 5.41) is 6.26. The maximum Gasteiger partial charge on any atom is 0.219 e. The van der Waals surface area contributed by atoms with Gasteiger partial charge in [0, 0.05) is 32.6 Å². The summed E-state index contributed by atoms with van der Waals surface area (Å²) in [5.41, 5.74) is 1.39. The standard InChI is InChI=1S/C17H27N3O/c1-18-17(21)10-5-11-19-16-9-6-12-20(14-16)13-15-7-3-2-4-8-15/h2-4,7-8,16,19H,5-6,9-14H2,1H3,(H,18,21). The van der Waals surface area contributed by atoms with Crippen molar-refractivity contribution in [2.75, 3.05) is 26.7 Å². The van der Waals surface area contributed by atoms with Crippen molar-refractivity contribution in [2.45, 2.75) is 38.3 Å². The molecule has 1 atom stereocenters. The highest BCUT2D eigenvalue weighted by molar-refractivity contribution is 5.75. The Labute approximate surface area is 127 Å². The molecular formula is C17H27N3O. The minimum absolute atomic E-state index is 0.131. The lowest BCUT2D eigenvalue weighted by molar-refractivity contribution is -0.120. The van der Waals surface area contributed by atoms with E-state index >= 15 is 0 Å². The predicted octanol–water partition coefficient (Wildman–Crippen LogP) is 1.77. The quantitative estimate of drug-likeness (QED) is 0.752. The Morgan fingerprint density at radius 3 is 2.90 bits per heavy atom. The van der Waals surface area contributed by atoms with E-state index in [4.69, 9.17) is 0 Å². The third-order valence-electron chi connectivity index (χ3n) is 4.05. The number of carbonyl (C=O) groups is 1. The van der Waals surface area contributed by atoms with Crippen LogP contribution in [0.15, 0.2) is 30.3 Å². The number of likely N-dealkylation sites (tertiary alicyclic amines) is 1. The summed E-state index contributed by atoms with van der Waals surface area (Å²) in [5.74, 6) is 0.131. The van der Waals surface area contributed by atoms with Crippen LogP contribution in [-0.2, 0) is 11.3 Å². The Kier molecular flexibility index (Phi) is 6.70. The van der Waals surface area contributed by atoms with Gasteiger partial charge in [-0.15, -0.1) is 0 Å². The second kappa shape index (κ2) is 8.80. The number of piperidine rings is 1. The third-order valence-corrected chi connectivity index (χ3v) is 4.05. The monoisotopic (exact) mass is 289 g/mol. The summed E-state index contributed by atoms with van der Waals surface area (Å²) < 4.78 is 0. The number of hydrogen-bond donors (Lipinski definition) is 2. The highest BCUT2D eigenvalue weighted by Crippen LogP contribution is 2.13. The molecule has 1 saturated heterocycles. The summed E-state index contributed by atoms with van der Waals surface area (Å²) in [7, 11) is 1.69. The molecule has 1 unspecified atom stereocenters. The van der Waals surface area contributed by atoms with Gasteiger partial charge in [-0.2, -0.15) is 0 Å². The van der Waals surface area contributed by atoms with Crippen molar-refractivity contribution in [3.63, 3.8) is 0 Å². The number of nitrogens with one attached hydrogen (secondary N) is 2. The molecule has 4 nitrogen and oxygen atoms in total. The van der Waals surface area contributed by atoms with Crippen LogP contribution in [0.4, 0.5) is 0 Å². The van der Waals surface area contributed by atoms with Crippen LogP contribution in [0, 0.1) is 0 Å². The van der Waals surface area contributed by atoms with Gasteiger partial charge in [-0.05, 0) is 37.9 Å². The predicted molar refractivity (Wildman–Crippen MR) is 86.0 cm³/mol. The fourth-order valence-corrected chi connectivity index (χ4v) is 2.89. The molecule has 116 valence electrons. The zero-order valence-corrected chi connectivity index (χ0v) is 13.0. The van der Waals surface area contributed by atoms with Crippen molar-refractivity contribution in [1.82, 2.24) is 15.5 Å². The molecule has 1 heterocycles. The number of hydrogen-bond acceptors (Lipinski definition) is 3. The Morgan fingerprint density at radius 2 is 2.14 bits per heavy atom. The van der Waals surface area contributed by atoms with Gasteiger partial charge in [0.25, 0.3) is 0 Å².